The van der Waals surface area contributed by atoms with Crippen molar-refractivity contribution in [3.63, 3.8) is 0 Å². The molecule has 1 saturated carbocycles. The third-order valence-corrected chi connectivity index (χ3v) is 5.09. The molecule has 1 N–H and O–H groups in total. The topological polar surface area (TPSA) is 57.6 Å². The summed E-state index contributed by atoms with van der Waals surface area (Å²) in [6.45, 7) is 0.433. The van der Waals surface area contributed by atoms with Crippen LogP contribution >= 0.6 is 0 Å². The Morgan fingerprint density at radius 2 is 2.05 bits per heavy atom. The summed E-state index contributed by atoms with van der Waals surface area (Å²) in [5.41, 5.74) is 0. The van der Waals surface area contributed by atoms with Crippen LogP contribution in [0.2, 0.25) is 0 Å². The lowest BCUT2D eigenvalue weighted by atomic mass is 10.3. The van der Waals surface area contributed by atoms with Crippen molar-refractivity contribution in [2.45, 2.75) is 36.6 Å². The van der Waals surface area contributed by atoms with Gasteiger partial charge in [0.05, 0.1) is 4.90 Å². The number of sulfonamides is 1. The van der Waals surface area contributed by atoms with Gasteiger partial charge in [-0.25, -0.2) is 12.8 Å². The first kappa shape index (κ1) is 14.4. The third kappa shape index (κ3) is 3.52. The summed E-state index contributed by atoms with van der Waals surface area (Å²) in [7, 11) is -3.63. The molecule has 0 bridgehead atoms. The number of aliphatic hydroxyl groups excluding tert-OH is 1. The van der Waals surface area contributed by atoms with Crippen molar-refractivity contribution in [2.24, 2.45) is 0 Å². The molecule has 1 aliphatic carbocycles. The van der Waals surface area contributed by atoms with E-state index < -0.39 is 15.8 Å². The minimum atomic E-state index is -3.63. The molecular weight excluding hydrogens is 269 g/mol. The molecule has 0 aliphatic heterocycles. The molecule has 2 rings (SSSR count). The van der Waals surface area contributed by atoms with E-state index in [1.807, 2.05) is 0 Å². The highest BCUT2D eigenvalue weighted by Gasteiger charge is 2.37. The summed E-state index contributed by atoms with van der Waals surface area (Å²) < 4.78 is 39.5. The molecule has 6 heteroatoms. The molecule has 106 valence electrons. The Hall–Kier alpha value is -0.980. The minimum Gasteiger partial charge on any atom is -0.396 e. The summed E-state index contributed by atoms with van der Waals surface area (Å²) >= 11 is 0. The lowest BCUT2D eigenvalue weighted by molar-refractivity contribution is 0.275. The Labute approximate surface area is 112 Å². The second kappa shape index (κ2) is 5.98. The zero-order valence-corrected chi connectivity index (χ0v) is 11.4. The first-order valence-electron chi connectivity index (χ1n) is 6.44. The number of hydrogen-bond acceptors (Lipinski definition) is 3. The first-order chi connectivity index (χ1) is 9.05. The van der Waals surface area contributed by atoms with Crippen LogP contribution in [0.1, 0.15) is 25.7 Å². The van der Waals surface area contributed by atoms with E-state index in [2.05, 4.69) is 0 Å². The number of benzene rings is 1. The third-order valence-electron chi connectivity index (χ3n) is 3.14. The predicted molar refractivity (Wildman–Crippen MR) is 69.6 cm³/mol. The number of halogens is 1. The number of aliphatic hydroxyl groups is 1. The molecule has 0 atom stereocenters. The average Bonchev–Trinajstić information content (AvgIpc) is 3.18. The Morgan fingerprint density at radius 1 is 1.32 bits per heavy atom. The second-order valence-electron chi connectivity index (χ2n) is 4.74. The maximum absolute atomic E-state index is 13.2. The summed E-state index contributed by atoms with van der Waals surface area (Å²) in [4.78, 5) is 0.00315. The summed E-state index contributed by atoms with van der Waals surface area (Å²) in [5.74, 6) is -0.549. The van der Waals surface area contributed by atoms with Crippen LogP contribution in [0.5, 0.6) is 0 Å². The standard InChI is InChI=1S/C13H18FNO3S/c14-11-4-3-5-13(10-11)19(17,18)15(12-6-7-12)8-1-2-9-16/h3-5,10,12,16H,1-2,6-9H2. The van der Waals surface area contributed by atoms with Crippen LogP contribution in [-0.4, -0.2) is 37.0 Å². The van der Waals surface area contributed by atoms with Gasteiger partial charge in [0.25, 0.3) is 0 Å². The molecule has 1 aliphatic rings. The molecule has 0 heterocycles. The van der Waals surface area contributed by atoms with Crippen molar-refractivity contribution in [1.82, 2.24) is 4.31 Å². The van der Waals surface area contributed by atoms with Gasteiger partial charge >= 0.3 is 0 Å². The van der Waals surface area contributed by atoms with Gasteiger partial charge in [-0.15, -0.1) is 0 Å². The highest BCUT2D eigenvalue weighted by molar-refractivity contribution is 7.89. The first-order valence-corrected chi connectivity index (χ1v) is 7.88. The molecule has 0 saturated heterocycles. The minimum absolute atomic E-state index is 0.00315. The van der Waals surface area contributed by atoms with Crippen LogP contribution in [-0.2, 0) is 10.0 Å². The quantitative estimate of drug-likeness (QED) is 0.777. The van der Waals surface area contributed by atoms with Gasteiger partial charge in [-0.3, -0.25) is 0 Å². The van der Waals surface area contributed by atoms with Gasteiger partial charge in [-0.2, -0.15) is 4.31 Å². The van der Waals surface area contributed by atoms with E-state index in [-0.39, 0.29) is 17.5 Å². The molecule has 19 heavy (non-hydrogen) atoms. The summed E-state index contributed by atoms with van der Waals surface area (Å²) in [6, 6.07) is 5.14. The normalized spacial score (nSPS) is 15.9. The van der Waals surface area contributed by atoms with Crippen LogP contribution in [0.3, 0.4) is 0 Å². The van der Waals surface area contributed by atoms with E-state index in [0.717, 1.165) is 18.9 Å². The number of unbranched alkanes of at least 4 members (excludes halogenated alkanes) is 1. The van der Waals surface area contributed by atoms with Gasteiger partial charge in [0, 0.05) is 19.2 Å². The fourth-order valence-corrected chi connectivity index (χ4v) is 3.76. The van der Waals surface area contributed by atoms with Gasteiger partial charge in [0.1, 0.15) is 5.82 Å². The molecule has 0 spiro atoms. The van der Waals surface area contributed by atoms with E-state index in [9.17, 15) is 12.8 Å². The number of nitrogens with zero attached hydrogens (tertiary/aromatic N) is 1. The monoisotopic (exact) mass is 287 g/mol. The van der Waals surface area contributed by atoms with Crippen molar-refractivity contribution in [1.29, 1.82) is 0 Å². The lowest BCUT2D eigenvalue weighted by Gasteiger charge is -2.21. The summed E-state index contributed by atoms with van der Waals surface area (Å²) in [5, 5.41) is 8.77. The molecular formula is C13H18FNO3S. The molecule has 0 amide bonds. The Bertz CT molecular complexity index is 528. The van der Waals surface area contributed by atoms with Crippen LogP contribution in [0, 0.1) is 5.82 Å². The number of rotatable bonds is 7. The zero-order chi connectivity index (χ0) is 13.9. The maximum Gasteiger partial charge on any atom is 0.243 e. The Morgan fingerprint density at radius 3 is 2.63 bits per heavy atom. The van der Waals surface area contributed by atoms with Gasteiger partial charge in [-0.1, -0.05) is 6.07 Å². The maximum atomic E-state index is 13.2. The van der Waals surface area contributed by atoms with Crippen LogP contribution in [0.25, 0.3) is 0 Å². The molecule has 4 nitrogen and oxygen atoms in total. The van der Waals surface area contributed by atoms with E-state index in [1.165, 1.54) is 22.5 Å². The van der Waals surface area contributed by atoms with Gasteiger partial charge < -0.3 is 5.11 Å². The van der Waals surface area contributed by atoms with Crippen molar-refractivity contribution in [3.8, 4) is 0 Å². The van der Waals surface area contributed by atoms with Crippen molar-refractivity contribution in [2.75, 3.05) is 13.2 Å². The van der Waals surface area contributed by atoms with E-state index >= 15 is 0 Å². The number of hydrogen-bond donors (Lipinski definition) is 1. The van der Waals surface area contributed by atoms with E-state index in [4.69, 9.17) is 5.11 Å². The second-order valence-corrected chi connectivity index (χ2v) is 6.63. The zero-order valence-electron chi connectivity index (χ0n) is 10.6. The predicted octanol–water partition coefficient (Wildman–Crippen LogP) is 1.75. The van der Waals surface area contributed by atoms with Crippen LogP contribution < -0.4 is 0 Å². The van der Waals surface area contributed by atoms with Crippen molar-refractivity contribution >= 4 is 10.0 Å². The van der Waals surface area contributed by atoms with Gasteiger partial charge in [-0.05, 0) is 43.9 Å². The smallest absolute Gasteiger partial charge is 0.243 e. The average molecular weight is 287 g/mol. The van der Waals surface area contributed by atoms with E-state index in [0.29, 0.717) is 19.4 Å². The van der Waals surface area contributed by atoms with E-state index in [1.54, 1.807) is 0 Å². The molecule has 1 aromatic carbocycles. The Kier molecular flexibility index (Phi) is 4.54. The lowest BCUT2D eigenvalue weighted by Crippen LogP contribution is -2.34. The molecule has 1 aromatic rings. The van der Waals surface area contributed by atoms with Crippen LogP contribution in [0.4, 0.5) is 4.39 Å². The molecule has 1 fully saturated rings. The summed E-state index contributed by atoms with van der Waals surface area (Å²) in [6.07, 6.45) is 2.89. The van der Waals surface area contributed by atoms with Gasteiger partial charge in [0.2, 0.25) is 10.0 Å². The SMILES string of the molecule is O=S(=O)(c1cccc(F)c1)N(CCCCO)C1CC1. The van der Waals surface area contributed by atoms with Crippen LogP contribution in [0.15, 0.2) is 29.2 Å². The molecule has 0 unspecified atom stereocenters. The Balaban J connectivity index is 2.19. The molecule has 0 aromatic heterocycles. The molecule has 0 radical (unpaired) electrons. The fraction of sp³-hybridized carbons (Fsp3) is 0.538. The largest absolute Gasteiger partial charge is 0.396 e. The van der Waals surface area contributed by atoms with Crippen molar-refractivity contribution < 1.29 is 17.9 Å². The fourth-order valence-electron chi connectivity index (χ4n) is 2.00. The highest BCUT2D eigenvalue weighted by atomic mass is 32.2. The highest BCUT2D eigenvalue weighted by Crippen LogP contribution is 2.32. The van der Waals surface area contributed by atoms with Gasteiger partial charge in [0.15, 0.2) is 0 Å². The van der Waals surface area contributed by atoms with Crippen molar-refractivity contribution in [3.05, 3.63) is 30.1 Å².